The van der Waals surface area contributed by atoms with Crippen molar-refractivity contribution in [3.63, 3.8) is 0 Å². The summed E-state index contributed by atoms with van der Waals surface area (Å²) < 4.78 is 31.7. The van der Waals surface area contributed by atoms with Crippen molar-refractivity contribution < 1.29 is 32.7 Å². The molecule has 1 aliphatic carbocycles. The number of halogens is 4. The zero-order chi connectivity index (χ0) is 28.4. The Bertz CT molecular complexity index is 1090. The van der Waals surface area contributed by atoms with E-state index in [2.05, 4.69) is 15.5 Å². The Balaban J connectivity index is 0.000000532. The minimum Gasteiger partial charge on any atom is -0.475 e. The molecule has 1 atom stereocenters. The Morgan fingerprint density at radius 2 is 1.46 bits per heavy atom. The van der Waals surface area contributed by atoms with Crippen LogP contribution in [-0.4, -0.2) is 71.2 Å². The molecule has 1 heterocycles. The molecule has 0 radical (unpaired) electrons. The fraction of sp³-hybridized carbons (Fsp3) is 0.444. The number of benzene rings is 2. The van der Waals surface area contributed by atoms with E-state index < -0.39 is 24.2 Å². The third-order valence-electron chi connectivity index (χ3n) is 6.72. The molecule has 2 aromatic carbocycles. The fourth-order valence-corrected chi connectivity index (χ4v) is 4.83. The number of piperazine rings is 1. The number of carboxylic acid groups (broad SMARTS) is 1. The van der Waals surface area contributed by atoms with Crippen LogP contribution in [0, 0.1) is 0 Å². The van der Waals surface area contributed by atoms with Gasteiger partial charge in [-0.15, -0.1) is 0 Å². The van der Waals surface area contributed by atoms with E-state index in [1.54, 1.807) is 24.3 Å². The molecule has 0 aromatic heterocycles. The molecule has 2 aliphatic rings. The third kappa shape index (κ3) is 9.43. The molecule has 3 amide bonds. The Morgan fingerprint density at radius 3 is 2.00 bits per heavy atom. The lowest BCUT2D eigenvalue weighted by Gasteiger charge is -2.41. The minimum atomic E-state index is -5.08. The standard InChI is InChI=1S/C25H31ClN4O2.C2HF3O2/c26-20-11-13-21(14-12-20)27-25(32)28-23(19-7-3-1-4-8-19)24(31)30-17-15-29(16-18-30)22-9-5-2-6-10-22;3-2(4,5)1(6)7/h1,3-4,7-8,11-14,22-23H,2,5-6,9-10,15-18H2,(H2,27,28,32);(H,6,7)/t23-;/m1./s1. The van der Waals surface area contributed by atoms with E-state index in [1.807, 2.05) is 35.2 Å². The number of amides is 3. The minimum absolute atomic E-state index is 0.0641. The van der Waals surface area contributed by atoms with Gasteiger partial charge in [-0.1, -0.05) is 61.2 Å². The van der Waals surface area contributed by atoms with E-state index in [9.17, 15) is 22.8 Å². The van der Waals surface area contributed by atoms with Crippen molar-refractivity contribution in [3.05, 3.63) is 65.2 Å². The van der Waals surface area contributed by atoms with Crippen LogP contribution in [-0.2, 0) is 9.59 Å². The number of aliphatic carboxylic acids is 1. The Labute approximate surface area is 230 Å². The number of carbonyl (C=O) groups excluding carboxylic acids is 2. The van der Waals surface area contributed by atoms with Crippen molar-refractivity contribution >= 4 is 35.2 Å². The van der Waals surface area contributed by atoms with Gasteiger partial charge < -0.3 is 20.6 Å². The first-order chi connectivity index (χ1) is 18.5. The van der Waals surface area contributed by atoms with E-state index in [-0.39, 0.29) is 5.91 Å². The summed E-state index contributed by atoms with van der Waals surface area (Å²) in [7, 11) is 0. The number of carboxylic acids is 1. The predicted octanol–water partition coefficient (Wildman–Crippen LogP) is 5.31. The topological polar surface area (TPSA) is 102 Å². The van der Waals surface area contributed by atoms with Gasteiger partial charge in [0.15, 0.2) is 0 Å². The summed E-state index contributed by atoms with van der Waals surface area (Å²) in [6.45, 7) is 3.18. The van der Waals surface area contributed by atoms with E-state index in [0.29, 0.717) is 29.8 Å². The van der Waals surface area contributed by atoms with Gasteiger partial charge in [-0.05, 0) is 42.7 Å². The second-order valence-corrected chi connectivity index (χ2v) is 9.84. The lowest BCUT2D eigenvalue weighted by molar-refractivity contribution is -0.192. The molecule has 1 aliphatic heterocycles. The van der Waals surface area contributed by atoms with Crippen LogP contribution in [0.2, 0.25) is 5.02 Å². The molecule has 0 unspecified atom stereocenters. The molecule has 0 spiro atoms. The molecule has 0 bridgehead atoms. The van der Waals surface area contributed by atoms with E-state index in [4.69, 9.17) is 21.5 Å². The van der Waals surface area contributed by atoms with Gasteiger partial charge in [-0.25, -0.2) is 9.59 Å². The van der Waals surface area contributed by atoms with Gasteiger partial charge >= 0.3 is 18.2 Å². The summed E-state index contributed by atoms with van der Waals surface area (Å²) in [5, 5.41) is 13.4. The second-order valence-electron chi connectivity index (χ2n) is 9.41. The first kappa shape index (κ1) is 30.2. The molecule has 12 heteroatoms. The number of nitrogens with one attached hydrogen (secondary N) is 2. The quantitative estimate of drug-likeness (QED) is 0.453. The summed E-state index contributed by atoms with van der Waals surface area (Å²) in [4.78, 5) is 39.5. The summed E-state index contributed by atoms with van der Waals surface area (Å²) in [6, 6.07) is 15.8. The van der Waals surface area contributed by atoms with Crippen LogP contribution >= 0.6 is 11.6 Å². The second kappa shape index (κ2) is 14.2. The number of carbonyl (C=O) groups is 3. The average Bonchev–Trinajstić information content (AvgIpc) is 2.93. The largest absolute Gasteiger partial charge is 0.490 e. The molecule has 2 fully saturated rings. The van der Waals surface area contributed by atoms with Crippen LogP contribution < -0.4 is 10.6 Å². The molecule has 4 rings (SSSR count). The van der Waals surface area contributed by atoms with Crippen molar-refractivity contribution in [1.82, 2.24) is 15.1 Å². The van der Waals surface area contributed by atoms with Crippen molar-refractivity contribution in [1.29, 1.82) is 0 Å². The molecule has 1 saturated carbocycles. The van der Waals surface area contributed by atoms with E-state index >= 15 is 0 Å². The maximum atomic E-state index is 13.5. The summed E-state index contributed by atoms with van der Waals surface area (Å²) in [6.07, 6.45) is 1.43. The fourth-order valence-electron chi connectivity index (χ4n) is 4.70. The lowest BCUT2D eigenvalue weighted by Crippen LogP contribution is -2.54. The van der Waals surface area contributed by atoms with Gasteiger partial charge in [-0.3, -0.25) is 9.69 Å². The Morgan fingerprint density at radius 1 is 0.897 bits per heavy atom. The van der Waals surface area contributed by atoms with Crippen LogP contribution in [0.3, 0.4) is 0 Å². The number of urea groups is 1. The van der Waals surface area contributed by atoms with Crippen molar-refractivity contribution in [3.8, 4) is 0 Å². The van der Waals surface area contributed by atoms with Crippen LogP contribution in [0.25, 0.3) is 0 Å². The summed E-state index contributed by atoms with van der Waals surface area (Å²) in [5.74, 6) is -2.82. The number of alkyl halides is 3. The highest BCUT2D eigenvalue weighted by molar-refractivity contribution is 6.30. The Hall–Kier alpha value is -3.31. The summed E-state index contributed by atoms with van der Waals surface area (Å²) >= 11 is 5.92. The number of nitrogens with zero attached hydrogens (tertiary/aromatic N) is 2. The van der Waals surface area contributed by atoms with Crippen molar-refractivity contribution in [2.75, 3.05) is 31.5 Å². The molecule has 8 nitrogen and oxygen atoms in total. The van der Waals surface area contributed by atoms with Crippen LogP contribution in [0.15, 0.2) is 54.6 Å². The molecule has 212 valence electrons. The molecular weight excluding hydrogens is 537 g/mol. The first-order valence-corrected chi connectivity index (χ1v) is 13.1. The van der Waals surface area contributed by atoms with Gasteiger partial charge in [0.1, 0.15) is 6.04 Å². The number of hydrogen-bond donors (Lipinski definition) is 3. The average molecular weight is 569 g/mol. The molecule has 1 saturated heterocycles. The van der Waals surface area contributed by atoms with Crippen LogP contribution in [0.5, 0.6) is 0 Å². The molecule has 39 heavy (non-hydrogen) atoms. The number of anilines is 1. The maximum absolute atomic E-state index is 13.5. The molecule has 2 aromatic rings. The zero-order valence-electron chi connectivity index (χ0n) is 21.3. The van der Waals surface area contributed by atoms with Crippen molar-refractivity contribution in [2.45, 2.75) is 50.4 Å². The third-order valence-corrected chi connectivity index (χ3v) is 6.97. The molecule has 3 N–H and O–H groups in total. The number of rotatable bonds is 5. The monoisotopic (exact) mass is 568 g/mol. The molecular formula is C27H32ClF3N4O4. The Kier molecular flexibility index (Phi) is 11.0. The van der Waals surface area contributed by atoms with Gasteiger partial charge in [0, 0.05) is 42.9 Å². The zero-order valence-corrected chi connectivity index (χ0v) is 22.0. The highest BCUT2D eigenvalue weighted by Gasteiger charge is 2.38. The van der Waals surface area contributed by atoms with Gasteiger partial charge in [-0.2, -0.15) is 13.2 Å². The highest BCUT2D eigenvalue weighted by atomic mass is 35.5. The highest BCUT2D eigenvalue weighted by Crippen LogP contribution is 2.25. The van der Waals surface area contributed by atoms with E-state index in [1.165, 1.54) is 32.1 Å². The van der Waals surface area contributed by atoms with Gasteiger partial charge in [0.25, 0.3) is 0 Å². The first-order valence-electron chi connectivity index (χ1n) is 12.8. The predicted molar refractivity (Wildman–Crippen MR) is 142 cm³/mol. The smallest absolute Gasteiger partial charge is 0.475 e. The normalized spacial score (nSPS) is 17.4. The van der Waals surface area contributed by atoms with Gasteiger partial charge in [0.2, 0.25) is 5.91 Å². The SMILES string of the molecule is O=C(Nc1ccc(Cl)cc1)N[C@@H](C(=O)N1CCN(C2CCCCC2)CC1)c1ccccc1.O=C(O)C(F)(F)F. The maximum Gasteiger partial charge on any atom is 0.490 e. The van der Waals surface area contributed by atoms with Crippen LogP contribution in [0.1, 0.15) is 43.7 Å². The van der Waals surface area contributed by atoms with Gasteiger partial charge in [0.05, 0.1) is 0 Å². The number of hydrogen-bond acceptors (Lipinski definition) is 4. The van der Waals surface area contributed by atoms with Crippen LogP contribution in [0.4, 0.5) is 23.7 Å². The van der Waals surface area contributed by atoms with E-state index in [0.717, 1.165) is 18.7 Å². The van der Waals surface area contributed by atoms with Crippen molar-refractivity contribution in [2.24, 2.45) is 0 Å². The lowest BCUT2D eigenvalue weighted by atomic mass is 9.93. The summed E-state index contributed by atoms with van der Waals surface area (Å²) in [5.41, 5.74) is 1.39.